The number of amides is 3. The molecular formula is C23H41N3O7. The molecule has 0 aromatic rings. The second kappa shape index (κ2) is 11.1. The molecule has 1 aliphatic rings. The van der Waals surface area contributed by atoms with Gasteiger partial charge in [0.1, 0.15) is 16.8 Å². The van der Waals surface area contributed by atoms with Gasteiger partial charge in [-0.3, -0.25) is 4.79 Å². The van der Waals surface area contributed by atoms with Gasteiger partial charge in [0.2, 0.25) is 0 Å². The summed E-state index contributed by atoms with van der Waals surface area (Å²) in [7, 11) is 0. The van der Waals surface area contributed by atoms with Crippen LogP contribution in [0, 0.1) is 11.8 Å². The van der Waals surface area contributed by atoms with Gasteiger partial charge in [0.25, 0.3) is 0 Å². The third-order valence-corrected chi connectivity index (χ3v) is 4.56. The van der Waals surface area contributed by atoms with Gasteiger partial charge in [-0.2, -0.15) is 0 Å². The summed E-state index contributed by atoms with van der Waals surface area (Å²) in [4.78, 5) is 49.1. The summed E-state index contributed by atoms with van der Waals surface area (Å²) in [6, 6.07) is -0.747. The van der Waals surface area contributed by atoms with Crippen LogP contribution >= 0.6 is 0 Å². The first-order chi connectivity index (χ1) is 14.8. The van der Waals surface area contributed by atoms with Crippen LogP contribution in [0.2, 0.25) is 0 Å². The van der Waals surface area contributed by atoms with Gasteiger partial charge in [-0.1, -0.05) is 0 Å². The van der Waals surface area contributed by atoms with Crippen LogP contribution in [0.15, 0.2) is 0 Å². The SMILES string of the molecule is CC(C)(C)OC(=O)NCC1C[C@@H](NC(=O)OC(C)(C)C)C(=O)C[C@H]1CNC(=O)OC(C)(C)C. The molecule has 0 heterocycles. The normalized spacial score (nSPS) is 21.6. The highest BCUT2D eigenvalue weighted by molar-refractivity contribution is 5.88. The molecule has 0 saturated heterocycles. The highest BCUT2D eigenvalue weighted by atomic mass is 16.6. The molecule has 1 fully saturated rings. The van der Waals surface area contributed by atoms with Gasteiger partial charge in [0.05, 0.1) is 6.04 Å². The van der Waals surface area contributed by atoms with Gasteiger partial charge in [0.15, 0.2) is 5.78 Å². The van der Waals surface area contributed by atoms with Crippen LogP contribution < -0.4 is 16.0 Å². The monoisotopic (exact) mass is 471 g/mol. The lowest BCUT2D eigenvalue weighted by atomic mass is 9.76. The van der Waals surface area contributed by atoms with Crippen LogP contribution in [0.4, 0.5) is 14.4 Å². The highest BCUT2D eigenvalue weighted by Gasteiger charge is 2.38. The Hall–Kier alpha value is -2.52. The third kappa shape index (κ3) is 12.3. The fourth-order valence-corrected chi connectivity index (χ4v) is 3.33. The fourth-order valence-electron chi connectivity index (χ4n) is 3.33. The number of ether oxygens (including phenoxy) is 3. The zero-order valence-corrected chi connectivity index (χ0v) is 21.4. The summed E-state index contributed by atoms with van der Waals surface area (Å²) in [5, 5.41) is 8.06. The van der Waals surface area contributed by atoms with E-state index in [2.05, 4.69) is 16.0 Å². The second-order valence-electron chi connectivity index (χ2n) is 11.4. The average molecular weight is 472 g/mol. The minimum absolute atomic E-state index is 0.122. The minimum atomic E-state index is -0.747. The van der Waals surface area contributed by atoms with E-state index >= 15 is 0 Å². The van der Waals surface area contributed by atoms with Crippen LogP contribution in [0.3, 0.4) is 0 Å². The Labute approximate surface area is 196 Å². The fraction of sp³-hybridized carbons (Fsp3) is 0.826. The number of carbonyl (C=O) groups excluding carboxylic acids is 4. The molecule has 1 aliphatic carbocycles. The molecule has 3 N–H and O–H groups in total. The number of Topliss-reactive ketones (excluding diaryl/α,β-unsaturated/α-hetero) is 1. The maximum absolute atomic E-state index is 12.7. The highest BCUT2D eigenvalue weighted by Crippen LogP contribution is 2.28. The first-order valence-electron chi connectivity index (χ1n) is 11.3. The van der Waals surface area contributed by atoms with Crippen molar-refractivity contribution in [1.29, 1.82) is 0 Å². The Bertz CT molecular complexity index is 717. The van der Waals surface area contributed by atoms with Gasteiger partial charge in [-0.05, 0) is 80.6 Å². The Balaban J connectivity index is 2.84. The lowest BCUT2D eigenvalue weighted by Gasteiger charge is -2.36. The van der Waals surface area contributed by atoms with Crippen molar-refractivity contribution in [2.75, 3.05) is 13.1 Å². The van der Waals surface area contributed by atoms with E-state index < -0.39 is 41.1 Å². The Morgan fingerprint density at radius 1 is 0.727 bits per heavy atom. The number of hydrogen-bond acceptors (Lipinski definition) is 7. The van der Waals surface area contributed by atoms with E-state index in [0.717, 1.165) is 0 Å². The molecule has 0 spiro atoms. The molecule has 1 saturated carbocycles. The molecule has 190 valence electrons. The molecule has 33 heavy (non-hydrogen) atoms. The number of hydrogen-bond donors (Lipinski definition) is 3. The zero-order valence-electron chi connectivity index (χ0n) is 21.4. The predicted octanol–water partition coefficient (Wildman–Crippen LogP) is 3.52. The lowest BCUT2D eigenvalue weighted by molar-refractivity contribution is -0.125. The summed E-state index contributed by atoms with van der Waals surface area (Å²) in [6.07, 6.45) is -1.42. The first kappa shape index (κ1) is 28.5. The maximum atomic E-state index is 12.7. The number of ketones is 1. The molecule has 3 amide bonds. The van der Waals surface area contributed by atoms with Crippen molar-refractivity contribution >= 4 is 24.1 Å². The molecule has 1 rings (SSSR count). The lowest BCUT2D eigenvalue weighted by Crippen LogP contribution is -2.52. The van der Waals surface area contributed by atoms with Crippen LogP contribution in [-0.4, -0.2) is 60.0 Å². The first-order valence-corrected chi connectivity index (χ1v) is 11.3. The van der Waals surface area contributed by atoms with E-state index in [1.807, 2.05) is 0 Å². The molecule has 0 aromatic carbocycles. The molecule has 0 aromatic heterocycles. The Morgan fingerprint density at radius 3 is 1.55 bits per heavy atom. The van der Waals surface area contributed by atoms with Gasteiger partial charge in [0, 0.05) is 19.5 Å². The van der Waals surface area contributed by atoms with E-state index in [4.69, 9.17) is 14.2 Å². The smallest absolute Gasteiger partial charge is 0.408 e. The topological polar surface area (TPSA) is 132 Å². The molecular weight excluding hydrogens is 430 g/mol. The third-order valence-electron chi connectivity index (χ3n) is 4.56. The zero-order chi connectivity index (χ0) is 25.6. The summed E-state index contributed by atoms with van der Waals surface area (Å²) in [5.41, 5.74) is -1.99. The summed E-state index contributed by atoms with van der Waals surface area (Å²) >= 11 is 0. The number of alkyl carbamates (subject to hydrolysis) is 3. The van der Waals surface area contributed by atoms with E-state index in [1.54, 1.807) is 62.3 Å². The van der Waals surface area contributed by atoms with E-state index in [0.29, 0.717) is 0 Å². The summed E-state index contributed by atoms with van der Waals surface area (Å²) < 4.78 is 15.8. The van der Waals surface area contributed by atoms with Crippen molar-refractivity contribution < 1.29 is 33.4 Å². The van der Waals surface area contributed by atoms with Crippen molar-refractivity contribution in [2.45, 2.75) is 98.0 Å². The molecule has 10 nitrogen and oxygen atoms in total. The van der Waals surface area contributed by atoms with Crippen molar-refractivity contribution in [1.82, 2.24) is 16.0 Å². The van der Waals surface area contributed by atoms with Crippen molar-refractivity contribution in [3.8, 4) is 0 Å². The van der Waals surface area contributed by atoms with Crippen molar-refractivity contribution in [2.24, 2.45) is 11.8 Å². The maximum Gasteiger partial charge on any atom is 0.408 e. The number of rotatable bonds is 5. The number of nitrogens with one attached hydrogen (secondary N) is 3. The quantitative estimate of drug-likeness (QED) is 0.523. The summed E-state index contributed by atoms with van der Waals surface area (Å²) in [5.74, 6) is -0.618. The molecule has 0 radical (unpaired) electrons. The summed E-state index contributed by atoms with van der Waals surface area (Å²) in [6.45, 7) is 16.2. The van der Waals surface area contributed by atoms with E-state index in [1.165, 1.54) is 0 Å². The second-order valence-corrected chi connectivity index (χ2v) is 11.4. The standard InChI is InChI=1S/C23H41N3O7/c1-21(2,3)31-18(28)24-12-14-10-16(26-20(30)33-23(7,8)9)17(27)11-15(14)13-25-19(29)32-22(4,5)6/h14-16H,10-13H2,1-9H3,(H,24,28)(H,25,29)(H,26,30)/t14?,15-,16+/m0/s1. The molecule has 0 bridgehead atoms. The van der Waals surface area contributed by atoms with Crippen LogP contribution in [0.25, 0.3) is 0 Å². The average Bonchev–Trinajstić information content (AvgIpc) is 2.56. The molecule has 10 heteroatoms. The molecule has 1 unspecified atom stereocenters. The van der Waals surface area contributed by atoms with Crippen LogP contribution in [-0.2, 0) is 19.0 Å². The predicted molar refractivity (Wildman–Crippen MR) is 123 cm³/mol. The van der Waals surface area contributed by atoms with Crippen molar-refractivity contribution in [3.05, 3.63) is 0 Å². The minimum Gasteiger partial charge on any atom is -0.444 e. The van der Waals surface area contributed by atoms with Gasteiger partial charge < -0.3 is 30.2 Å². The molecule has 0 aliphatic heterocycles. The largest absolute Gasteiger partial charge is 0.444 e. The van der Waals surface area contributed by atoms with Crippen LogP contribution in [0.1, 0.15) is 75.2 Å². The Morgan fingerprint density at radius 2 is 1.12 bits per heavy atom. The van der Waals surface area contributed by atoms with E-state index in [9.17, 15) is 19.2 Å². The van der Waals surface area contributed by atoms with Gasteiger partial charge in [-0.15, -0.1) is 0 Å². The van der Waals surface area contributed by atoms with Gasteiger partial charge in [-0.25, -0.2) is 14.4 Å². The van der Waals surface area contributed by atoms with Gasteiger partial charge >= 0.3 is 18.3 Å². The molecule has 3 atom stereocenters. The van der Waals surface area contributed by atoms with Crippen molar-refractivity contribution in [3.63, 3.8) is 0 Å². The van der Waals surface area contributed by atoms with E-state index in [-0.39, 0.29) is 43.6 Å². The Kier molecular flexibility index (Phi) is 9.56. The number of carbonyl (C=O) groups is 4. The van der Waals surface area contributed by atoms with Crippen LogP contribution in [0.5, 0.6) is 0 Å².